The molecule has 1 heterocycles. The van der Waals surface area contributed by atoms with Crippen LogP contribution in [0.2, 0.25) is 0 Å². The lowest BCUT2D eigenvalue weighted by Gasteiger charge is -2.13. The number of nitrogens with one attached hydrogen (secondary N) is 1. The van der Waals surface area contributed by atoms with Crippen molar-refractivity contribution in [3.63, 3.8) is 0 Å². The third kappa shape index (κ3) is 2.93. The van der Waals surface area contributed by atoms with Gasteiger partial charge < -0.3 is 11.1 Å². The number of aryl methyl sites for hydroxylation is 1. The van der Waals surface area contributed by atoms with Gasteiger partial charge in [-0.25, -0.2) is 0 Å². The second kappa shape index (κ2) is 5.56. The Balaban J connectivity index is 2.10. The summed E-state index contributed by atoms with van der Waals surface area (Å²) in [7, 11) is 0. The number of nitrogen functional groups attached to an aromatic ring is 1. The molecule has 1 amide bonds. The standard InChI is InChI=1S/C14H18N4O/c1-3-18-9-12(15)13(17-18)14(19)16-10(2)11-7-5-4-6-8-11/h4-10H,3,15H2,1-2H3,(H,16,19)/t10-/m0/s1. The molecule has 1 atom stereocenters. The summed E-state index contributed by atoms with van der Waals surface area (Å²) in [6.07, 6.45) is 1.67. The molecule has 0 unspecified atom stereocenters. The van der Waals surface area contributed by atoms with Gasteiger partial charge in [-0.1, -0.05) is 30.3 Å². The van der Waals surface area contributed by atoms with E-state index >= 15 is 0 Å². The average molecular weight is 258 g/mol. The first kappa shape index (κ1) is 13.1. The van der Waals surface area contributed by atoms with Crippen molar-refractivity contribution in [3.05, 3.63) is 47.8 Å². The van der Waals surface area contributed by atoms with E-state index in [1.807, 2.05) is 44.2 Å². The Hall–Kier alpha value is -2.30. The third-order valence-electron chi connectivity index (χ3n) is 2.98. The number of nitrogens with two attached hydrogens (primary N) is 1. The Morgan fingerprint density at radius 2 is 2.11 bits per heavy atom. The molecule has 0 saturated carbocycles. The summed E-state index contributed by atoms with van der Waals surface area (Å²) in [4.78, 5) is 12.1. The molecule has 3 N–H and O–H groups in total. The molecule has 0 bridgehead atoms. The lowest BCUT2D eigenvalue weighted by molar-refractivity contribution is 0.0935. The van der Waals surface area contributed by atoms with Gasteiger partial charge in [-0.2, -0.15) is 5.10 Å². The molecule has 0 radical (unpaired) electrons. The van der Waals surface area contributed by atoms with Crippen molar-refractivity contribution in [2.45, 2.75) is 26.4 Å². The molecule has 0 aliphatic heterocycles. The van der Waals surface area contributed by atoms with E-state index in [0.717, 1.165) is 5.56 Å². The zero-order valence-electron chi connectivity index (χ0n) is 11.1. The molecule has 0 aliphatic carbocycles. The van der Waals surface area contributed by atoms with Crippen LogP contribution in [0.1, 0.15) is 35.9 Å². The number of nitrogens with zero attached hydrogens (tertiary/aromatic N) is 2. The van der Waals surface area contributed by atoms with E-state index in [9.17, 15) is 4.79 Å². The fourth-order valence-electron chi connectivity index (χ4n) is 1.87. The number of aromatic nitrogens is 2. The van der Waals surface area contributed by atoms with Crippen molar-refractivity contribution in [2.24, 2.45) is 0 Å². The average Bonchev–Trinajstić information content (AvgIpc) is 2.81. The molecule has 100 valence electrons. The lowest BCUT2D eigenvalue weighted by Crippen LogP contribution is -2.27. The number of carbonyl (C=O) groups excluding carboxylic acids is 1. The van der Waals surface area contributed by atoms with Gasteiger partial charge in [0.2, 0.25) is 0 Å². The topological polar surface area (TPSA) is 72.9 Å². The zero-order chi connectivity index (χ0) is 13.8. The Kier molecular flexibility index (Phi) is 3.85. The highest BCUT2D eigenvalue weighted by atomic mass is 16.2. The van der Waals surface area contributed by atoms with Gasteiger partial charge in [-0.15, -0.1) is 0 Å². The van der Waals surface area contributed by atoms with Gasteiger partial charge in [0.25, 0.3) is 5.91 Å². The van der Waals surface area contributed by atoms with Crippen molar-refractivity contribution in [2.75, 3.05) is 5.73 Å². The smallest absolute Gasteiger partial charge is 0.274 e. The Bertz CT molecular complexity index is 562. The maximum atomic E-state index is 12.1. The Morgan fingerprint density at radius 3 is 2.68 bits per heavy atom. The van der Waals surface area contributed by atoms with Crippen LogP contribution in [0.15, 0.2) is 36.5 Å². The maximum Gasteiger partial charge on any atom is 0.274 e. The summed E-state index contributed by atoms with van der Waals surface area (Å²) in [6, 6.07) is 9.69. The summed E-state index contributed by atoms with van der Waals surface area (Å²) in [5.41, 5.74) is 7.52. The van der Waals surface area contributed by atoms with E-state index in [0.29, 0.717) is 12.2 Å². The molecule has 0 fully saturated rings. The van der Waals surface area contributed by atoms with Gasteiger partial charge >= 0.3 is 0 Å². The molecule has 5 heteroatoms. The van der Waals surface area contributed by atoms with Crippen molar-refractivity contribution in [1.82, 2.24) is 15.1 Å². The van der Waals surface area contributed by atoms with Crippen molar-refractivity contribution in [3.8, 4) is 0 Å². The number of benzene rings is 1. The van der Waals surface area contributed by atoms with Crippen LogP contribution in [0.25, 0.3) is 0 Å². The van der Waals surface area contributed by atoms with Crippen molar-refractivity contribution in [1.29, 1.82) is 0 Å². The fraction of sp³-hybridized carbons (Fsp3) is 0.286. The SMILES string of the molecule is CCn1cc(N)c(C(=O)N[C@@H](C)c2ccccc2)n1. The van der Waals surface area contributed by atoms with E-state index in [2.05, 4.69) is 10.4 Å². The third-order valence-corrected chi connectivity index (χ3v) is 2.98. The first-order valence-electron chi connectivity index (χ1n) is 6.30. The van der Waals surface area contributed by atoms with E-state index in [-0.39, 0.29) is 17.6 Å². The molecule has 0 spiro atoms. The minimum atomic E-state index is -0.249. The molecule has 2 rings (SSSR count). The number of rotatable bonds is 4. The Morgan fingerprint density at radius 1 is 1.42 bits per heavy atom. The number of carbonyl (C=O) groups is 1. The van der Waals surface area contributed by atoms with E-state index < -0.39 is 0 Å². The fourth-order valence-corrected chi connectivity index (χ4v) is 1.87. The predicted octanol–water partition coefficient (Wildman–Crippen LogP) is 1.98. The molecule has 2 aromatic rings. The summed E-state index contributed by atoms with van der Waals surface area (Å²) in [5.74, 6) is -0.249. The predicted molar refractivity (Wildman–Crippen MR) is 74.6 cm³/mol. The summed E-state index contributed by atoms with van der Waals surface area (Å²) >= 11 is 0. The molecule has 1 aromatic carbocycles. The van der Waals surface area contributed by atoms with Crippen LogP contribution in [-0.2, 0) is 6.54 Å². The van der Waals surface area contributed by atoms with Gasteiger partial charge in [0.15, 0.2) is 5.69 Å². The molecule has 19 heavy (non-hydrogen) atoms. The van der Waals surface area contributed by atoms with Gasteiger partial charge in [0, 0.05) is 12.7 Å². The highest BCUT2D eigenvalue weighted by molar-refractivity contribution is 5.97. The first-order chi connectivity index (χ1) is 9.11. The molecular formula is C14H18N4O. The first-order valence-corrected chi connectivity index (χ1v) is 6.30. The zero-order valence-corrected chi connectivity index (χ0v) is 11.1. The van der Waals surface area contributed by atoms with Gasteiger partial charge in [-0.3, -0.25) is 9.48 Å². The molecule has 0 saturated heterocycles. The minimum absolute atomic E-state index is 0.0834. The lowest BCUT2D eigenvalue weighted by atomic mass is 10.1. The second-order valence-electron chi connectivity index (χ2n) is 4.39. The summed E-state index contributed by atoms with van der Waals surface area (Å²) in [5, 5.41) is 7.05. The van der Waals surface area contributed by atoms with Crippen LogP contribution >= 0.6 is 0 Å². The van der Waals surface area contributed by atoms with Crippen LogP contribution in [0.3, 0.4) is 0 Å². The maximum absolute atomic E-state index is 12.1. The summed E-state index contributed by atoms with van der Waals surface area (Å²) < 4.78 is 1.65. The normalized spacial score (nSPS) is 12.1. The van der Waals surface area contributed by atoms with Crippen LogP contribution < -0.4 is 11.1 Å². The van der Waals surface area contributed by atoms with Crippen molar-refractivity contribution < 1.29 is 4.79 Å². The molecule has 5 nitrogen and oxygen atoms in total. The molecule has 0 aliphatic rings. The highest BCUT2D eigenvalue weighted by Crippen LogP contribution is 2.14. The van der Waals surface area contributed by atoms with E-state index in [4.69, 9.17) is 5.73 Å². The quantitative estimate of drug-likeness (QED) is 0.880. The van der Waals surface area contributed by atoms with Gasteiger partial charge in [-0.05, 0) is 19.4 Å². The number of amides is 1. The van der Waals surface area contributed by atoms with Crippen LogP contribution in [0, 0.1) is 0 Å². The van der Waals surface area contributed by atoms with Crippen molar-refractivity contribution >= 4 is 11.6 Å². The van der Waals surface area contributed by atoms with Gasteiger partial charge in [0.1, 0.15) is 0 Å². The van der Waals surface area contributed by atoms with E-state index in [1.54, 1.807) is 10.9 Å². The Labute approximate surface area is 112 Å². The second-order valence-corrected chi connectivity index (χ2v) is 4.39. The minimum Gasteiger partial charge on any atom is -0.396 e. The summed E-state index contributed by atoms with van der Waals surface area (Å²) in [6.45, 7) is 4.56. The van der Waals surface area contributed by atoms with Crippen LogP contribution in [0.4, 0.5) is 5.69 Å². The molecular weight excluding hydrogens is 240 g/mol. The largest absolute Gasteiger partial charge is 0.396 e. The molecule has 1 aromatic heterocycles. The number of anilines is 1. The number of hydrogen-bond donors (Lipinski definition) is 2. The monoisotopic (exact) mass is 258 g/mol. The van der Waals surface area contributed by atoms with E-state index in [1.165, 1.54) is 0 Å². The highest BCUT2D eigenvalue weighted by Gasteiger charge is 2.17. The van der Waals surface area contributed by atoms with Gasteiger partial charge in [0.05, 0.1) is 11.7 Å². The number of hydrogen-bond acceptors (Lipinski definition) is 3. The van der Waals surface area contributed by atoms with Crippen LogP contribution in [0.5, 0.6) is 0 Å². The van der Waals surface area contributed by atoms with Crippen LogP contribution in [-0.4, -0.2) is 15.7 Å².